The molecule has 2 heterocycles. The molecule has 0 bridgehead atoms. The second-order valence-corrected chi connectivity index (χ2v) is 6.92. The van der Waals surface area contributed by atoms with Crippen LogP contribution < -0.4 is 5.32 Å². The van der Waals surface area contributed by atoms with Crippen LogP contribution in [0, 0.1) is 6.92 Å². The lowest BCUT2D eigenvalue weighted by atomic mass is 10.2. The first-order valence-corrected chi connectivity index (χ1v) is 9.69. The molecule has 1 N–H and O–H groups in total. The quantitative estimate of drug-likeness (QED) is 0.892. The lowest BCUT2D eigenvalue weighted by molar-refractivity contribution is -0.134. The lowest BCUT2D eigenvalue weighted by Gasteiger charge is -2.23. The Morgan fingerprint density at radius 2 is 2.08 bits per heavy atom. The molecule has 1 atom stereocenters. The van der Waals surface area contributed by atoms with Gasteiger partial charge in [-0.2, -0.15) is 11.8 Å². The molecule has 0 aliphatic carbocycles. The molecule has 25 heavy (non-hydrogen) atoms. The first-order valence-electron chi connectivity index (χ1n) is 8.30. The number of nitrogens with one attached hydrogen (secondary N) is 1. The summed E-state index contributed by atoms with van der Waals surface area (Å²) in [6, 6.07) is 7.26. The van der Waals surface area contributed by atoms with E-state index in [4.69, 9.17) is 0 Å². The van der Waals surface area contributed by atoms with Crippen LogP contribution in [-0.4, -0.2) is 50.9 Å². The van der Waals surface area contributed by atoms with Crippen LogP contribution in [0.2, 0.25) is 0 Å². The molecule has 1 saturated heterocycles. The van der Waals surface area contributed by atoms with Crippen molar-refractivity contribution >= 4 is 29.3 Å². The van der Waals surface area contributed by atoms with Crippen LogP contribution in [0.4, 0.5) is 5.69 Å². The highest BCUT2D eigenvalue weighted by molar-refractivity contribution is 7.99. The van der Waals surface area contributed by atoms with Gasteiger partial charge in [0, 0.05) is 30.3 Å². The van der Waals surface area contributed by atoms with Crippen molar-refractivity contribution in [2.75, 3.05) is 23.9 Å². The van der Waals surface area contributed by atoms with E-state index in [2.05, 4.69) is 10.3 Å². The van der Waals surface area contributed by atoms with Crippen LogP contribution in [-0.2, 0) is 9.59 Å². The fourth-order valence-electron chi connectivity index (χ4n) is 3.13. The first kappa shape index (κ1) is 17.5. The van der Waals surface area contributed by atoms with Crippen LogP contribution in [0.5, 0.6) is 0 Å². The summed E-state index contributed by atoms with van der Waals surface area (Å²) in [5.41, 5.74) is 1.72. The average molecular weight is 358 g/mol. The predicted molar refractivity (Wildman–Crippen MR) is 100 cm³/mol. The number of benzene rings is 1. The zero-order chi connectivity index (χ0) is 17.8. The largest absolute Gasteiger partial charge is 0.330 e. The highest BCUT2D eigenvalue weighted by atomic mass is 32.2. The summed E-state index contributed by atoms with van der Waals surface area (Å²) in [4.78, 5) is 30.6. The number of anilines is 1. The summed E-state index contributed by atoms with van der Waals surface area (Å²) in [7, 11) is 0. The van der Waals surface area contributed by atoms with Gasteiger partial charge in [-0.25, -0.2) is 4.98 Å². The number of likely N-dealkylation sites (tertiary alicyclic amines) is 1. The van der Waals surface area contributed by atoms with Gasteiger partial charge in [-0.3, -0.25) is 9.59 Å². The third-order valence-electron chi connectivity index (χ3n) is 4.38. The number of rotatable bonds is 5. The van der Waals surface area contributed by atoms with Crippen molar-refractivity contribution in [3.05, 3.63) is 42.5 Å². The number of thioether (sulfide) groups is 1. The number of amides is 2. The standard InChI is InChI=1S/C18H22N4O2S/c1-13-19-9-11-21(13)15-7-5-14(6-8-15)20-18(24)16-4-3-10-22(16)17(23)12-25-2/h5-9,11,16H,3-4,10,12H2,1-2H3,(H,20,24)/t16-/m0/s1. The molecule has 1 aromatic heterocycles. The Morgan fingerprint density at radius 1 is 1.32 bits per heavy atom. The van der Waals surface area contributed by atoms with Crippen LogP contribution in [0.3, 0.4) is 0 Å². The number of carbonyl (C=O) groups excluding carboxylic acids is 2. The van der Waals surface area contributed by atoms with E-state index in [0.717, 1.165) is 30.0 Å². The lowest BCUT2D eigenvalue weighted by Crippen LogP contribution is -2.43. The van der Waals surface area contributed by atoms with Crippen molar-refractivity contribution in [2.24, 2.45) is 0 Å². The van der Waals surface area contributed by atoms with Gasteiger partial charge in [0.25, 0.3) is 0 Å². The van der Waals surface area contributed by atoms with Crippen LogP contribution in [0.15, 0.2) is 36.7 Å². The summed E-state index contributed by atoms with van der Waals surface area (Å²) >= 11 is 1.49. The van der Waals surface area contributed by atoms with Gasteiger partial charge in [0.1, 0.15) is 11.9 Å². The monoisotopic (exact) mass is 358 g/mol. The first-order chi connectivity index (χ1) is 12.1. The fraction of sp³-hybridized carbons (Fsp3) is 0.389. The van der Waals surface area contributed by atoms with Crippen LogP contribution in [0.1, 0.15) is 18.7 Å². The number of hydrogen-bond donors (Lipinski definition) is 1. The highest BCUT2D eigenvalue weighted by Gasteiger charge is 2.33. The molecule has 0 radical (unpaired) electrons. The van der Waals surface area contributed by atoms with Crippen LogP contribution in [0.25, 0.3) is 5.69 Å². The van der Waals surface area contributed by atoms with Gasteiger partial charge >= 0.3 is 0 Å². The Kier molecular flexibility index (Phi) is 5.43. The normalized spacial score (nSPS) is 16.9. The molecule has 7 heteroatoms. The van der Waals surface area contributed by atoms with Crippen molar-refractivity contribution in [3.63, 3.8) is 0 Å². The summed E-state index contributed by atoms with van der Waals surface area (Å²) in [6.45, 7) is 2.60. The maximum atomic E-state index is 12.6. The Bertz CT molecular complexity index is 757. The third kappa shape index (κ3) is 3.87. The van der Waals surface area contributed by atoms with E-state index in [1.807, 2.05) is 48.2 Å². The van der Waals surface area contributed by atoms with Gasteiger partial charge in [-0.1, -0.05) is 0 Å². The summed E-state index contributed by atoms with van der Waals surface area (Å²) in [6.07, 6.45) is 7.14. The summed E-state index contributed by atoms with van der Waals surface area (Å²) in [5, 5.41) is 2.93. The van der Waals surface area contributed by atoms with E-state index >= 15 is 0 Å². The van der Waals surface area contributed by atoms with E-state index in [-0.39, 0.29) is 17.9 Å². The highest BCUT2D eigenvalue weighted by Crippen LogP contribution is 2.21. The Morgan fingerprint density at radius 3 is 2.72 bits per heavy atom. The number of aromatic nitrogens is 2. The third-order valence-corrected chi connectivity index (χ3v) is 4.92. The minimum atomic E-state index is -0.366. The van der Waals surface area contributed by atoms with Gasteiger partial charge in [0.15, 0.2) is 0 Å². The Balaban J connectivity index is 1.66. The molecule has 0 spiro atoms. The molecule has 1 aliphatic rings. The van der Waals surface area contributed by atoms with Gasteiger partial charge in [-0.05, 0) is 50.3 Å². The van der Waals surface area contributed by atoms with Crippen molar-refractivity contribution in [1.82, 2.24) is 14.5 Å². The van der Waals surface area contributed by atoms with E-state index < -0.39 is 0 Å². The summed E-state index contributed by atoms with van der Waals surface area (Å²) < 4.78 is 1.98. The van der Waals surface area contributed by atoms with Crippen molar-refractivity contribution in [1.29, 1.82) is 0 Å². The summed E-state index contributed by atoms with van der Waals surface area (Å²) in [5.74, 6) is 1.25. The molecule has 1 aliphatic heterocycles. The van der Waals surface area contributed by atoms with Crippen molar-refractivity contribution in [2.45, 2.75) is 25.8 Å². The van der Waals surface area contributed by atoms with Crippen LogP contribution >= 0.6 is 11.8 Å². The Labute approximate surface area is 151 Å². The maximum Gasteiger partial charge on any atom is 0.247 e. The molecular formula is C18H22N4O2S. The molecule has 3 rings (SSSR count). The van der Waals surface area contributed by atoms with E-state index in [9.17, 15) is 9.59 Å². The fourth-order valence-corrected chi connectivity index (χ4v) is 3.54. The van der Waals surface area contributed by atoms with Gasteiger partial charge in [0.05, 0.1) is 5.75 Å². The van der Waals surface area contributed by atoms with E-state index in [1.54, 1.807) is 11.1 Å². The zero-order valence-electron chi connectivity index (χ0n) is 14.4. The maximum absolute atomic E-state index is 12.6. The zero-order valence-corrected chi connectivity index (χ0v) is 15.3. The van der Waals surface area contributed by atoms with Gasteiger partial charge in [-0.15, -0.1) is 0 Å². The number of imidazole rings is 1. The molecule has 132 valence electrons. The topological polar surface area (TPSA) is 67.2 Å². The molecule has 2 aromatic rings. The van der Waals surface area contributed by atoms with Crippen molar-refractivity contribution in [3.8, 4) is 5.69 Å². The molecule has 6 nitrogen and oxygen atoms in total. The molecule has 0 unspecified atom stereocenters. The minimum Gasteiger partial charge on any atom is -0.330 e. The number of carbonyl (C=O) groups is 2. The number of hydrogen-bond acceptors (Lipinski definition) is 4. The average Bonchev–Trinajstić information content (AvgIpc) is 3.25. The molecule has 1 aromatic carbocycles. The predicted octanol–water partition coefficient (Wildman–Crippen LogP) is 2.47. The Hall–Kier alpha value is -2.28. The SMILES string of the molecule is CSCC(=O)N1CCC[C@H]1C(=O)Nc1ccc(-n2ccnc2C)cc1. The molecule has 0 saturated carbocycles. The second kappa shape index (κ2) is 7.74. The van der Waals surface area contributed by atoms with Gasteiger partial charge < -0.3 is 14.8 Å². The number of aryl methyl sites for hydroxylation is 1. The number of nitrogens with zero attached hydrogens (tertiary/aromatic N) is 3. The van der Waals surface area contributed by atoms with Crippen molar-refractivity contribution < 1.29 is 9.59 Å². The van der Waals surface area contributed by atoms with Gasteiger partial charge in [0.2, 0.25) is 11.8 Å². The van der Waals surface area contributed by atoms with E-state index in [1.165, 1.54) is 11.8 Å². The van der Waals surface area contributed by atoms with E-state index in [0.29, 0.717) is 12.3 Å². The second-order valence-electron chi connectivity index (χ2n) is 6.06. The molecular weight excluding hydrogens is 336 g/mol. The minimum absolute atomic E-state index is 0.0380. The molecule has 2 amide bonds. The smallest absolute Gasteiger partial charge is 0.247 e. The molecule has 1 fully saturated rings.